The first kappa shape index (κ1) is 22.3. The fourth-order valence-electron chi connectivity index (χ4n) is 2.56. The molecular weight excluding hydrogens is 391 g/mol. The molecule has 29 heavy (non-hydrogen) atoms. The smallest absolute Gasteiger partial charge is 0.383 e. The Kier molecular flexibility index (Phi) is 7.32. The van der Waals surface area contributed by atoms with Crippen molar-refractivity contribution in [3.8, 4) is 5.82 Å². The number of rotatable bonds is 8. The molecule has 2 aromatic rings. The zero-order valence-electron chi connectivity index (χ0n) is 16.2. The lowest BCUT2D eigenvalue weighted by Crippen LogP contribution is -2.38. The SMILES string of the molecule is COCCNC(=O)CNC(=O)c1cnn(-c2ccc(C(F)(F)F)cn2)c1C(C)C. The molecule has 0 atom stereocenters. The van der Waals surface area contributed by atoms with Gasteiger partial charge in [0.2, 0.25) is 5.91 Å². The number of pyridine rings is 1. The maximum absolute atomic E-state index is 12.7. The van der Waals surface area contributed by atoms with Crippen LogP contribution in [0.25, 0.3) is 5.82 Å². The molecule has 8 nitrogen and oxygen atoms in total. The van der Waals surface area contributed by atoms with Crippen LogP contribution in [-0.4, -0.2) is 53.4 Å². The number of nitrogens with zero attached hydrogens (tertiary/aromatic N) is 3. The third kappa shape index (κ3) is 5.76. The summed E-state index contributed by atoms with van der Waals surface area (Å²) in [6.45, 7) is 4.06. The lowest BCUT2D eigenvalue weighted by atomic mass is 10.1. The Bertz CT molecular complexity index is 847. The highest BCUT2D eigenvalue weighted by Crippen LogP contribution is 2.29. The molecule has 0 spiro atoms. The molecule has 0 aromatic carbocycles. The van der Waals surface area contributed by atoms with Crippen LogP contribution in [0.3, 0.4) is 0 Å². The van der Waals surface area contributed by atoms with Crippen molar-refractivity contribution in [1.82, 2.24) is 25.4 Å². The standard InChI is InChI=1S/C18H22F3N5O3/c1-11(2)16-13(17(28)24-10-15(27)22-6-7-29-3)9-25-26(16)14-5-4-12(8-23-14)18(19,20)21/h4-5,8-9,11H,6-7,10H2,1-3H3,(H,22,27)(H,24,28). The number of halogens is 3. The topological polar surface area (TPSA) is 98.1 Å². The summed E-state index contributed by atoms with van der Waals surface area (Å²) in [5, 5.41) is 9.18. The summed E-state index contributed by atoms with van der Waals surface area (Å²) in [6.07, 6.45) is -2.48. The van der Waals surface area contributed by atoms with Gasteiger partial charge in [-0.1, -0.05) is 13.8 Å². The first-order valence-corrected chi connectivity index (χ1v) is 8.80. The van der Waals surface area contributed by atoms with Gasteiger partial charge in [0.05, 0.1) is 36.2 Å². The highest BCUT2D eigenvalue weighted by Gasteiger charge is 2.31. The largest absolute Gasteiger partial charge is 0.417 e. The van der Waals surface area contributed by atoms with Crippen LogP contribution < -0.4 is 10.6 Å². The maximum atomic E-state index is 12.7. The zero-order chi connectivity index (χ0) is 21.6. The van der Waals surface area contributed by atoms with Gasteiger partial charge in [0.25, 0.3) is 5.91 Å². The summed E-state index contributed by atoms with van der Waals surface area (Å²) in [4.78, 5) is 28.0. The van der Waals surface area contributed by atoms with Crippen LogP contribution in [0, 0.1) is 0 Å². The van der Waals surface area contributed by atoms with E-state index in [4.69, 9.17) is 4.74 Å². The second-order valence-corrected chi connectivity index (χ2v) is 6.44. The fraction of sp³-hybridized carbons (Fsp3) is 0.444. The molecule has 158 valence electrons. The van der Waals surface area contributed by atoms with Gasteiger partial charge >= 0.3 is 6.18 Å². The van der Waals surface area contributed by atoms with Crippen molar-refractivity contribution < 1.29 is 27.5 Å². The predicted molar refractivity (Wildman–Crippen MR) is 97.7 cm³/mol. The highest BCUT2D eigenvalue weighted by atomic mass is 19.4. The number of methoxy groups -OCH3 is 1. The Labute approximate surface area is 165 Å². The average Bonchev–Trinajstić information content (AvgIpc) is 3.11. The molecule has 0 unspecified atom stereocenters. The van der Waals surface area contributed by atoms with Gasteiger partial charge in [0.15, 0.2) is 5.82 Å². The fourth-order valence-corrected chi connectivity index (χ4v) is 2.56. The van der Waals surface area contributed by atoms with Crippen LogP contribution >= 0.6 is 0 Å². The van der Waals surface area contributed by atoms with E-state index in [0.29, 0.717) is 25.0 Å². The maximum Gasteiger partial charge on any atom is 0.417 e. The Morgan fingerprint density at radius 2 is 1.93 bits per heavy atom. The molecule has 11 heteroatoms. The van der Waals surface area contributed by atoms with E-state index in [-0.39, 0.29) is 29.8 Å². The second-order valence-electron chi connectivity index (χ2n) is 6.44. The molecule has 2 heterocycles. The summed E-state index contributed by atoms with van der Waals surface area (Å²) in [7, 11) is 1.50. The monoisotopic (exact) mass is 413 g/mol. The minimum atomic E-state index is -4.49. The quantitative estimate of drug-likeness (QED) is 0.645. The van der Waals surface area contributed by atoms with Crippen molar-refractivity contribution in [3.63, 3.8) is 0 Å². The number of hydrogen-bond donors (Lipinski definition) is 2. The van der Waals surface area contributed by atoms with Crippen LogP contribution in [0.4, 0.5) is 13.2 Å². The molecule has 0 saturated carbocycles. The summed E-state index contributed by atoms with van der Waals surface area (Å²) in [6, 6.07) is 2.09. The Hall–Kier alpha value is -2.95. The molecule has 2 amide bonds. The third-order valence-corrected chi connectivity index (χ3v) is 3.93. The number of aromatic nitrogens is 3. The van der Waals surface area contributed by atoms with Gasteiger partial charge in [-0.2, -0.15) is 18.3 Å². The second kappa shape index (κ2) is 9.50. The van der Waals surface area contributed by atoms with Crippen LogP contribution in [0.5, 0.6) is 0 Å². The van der Waals surface area contributed by atoms with Crippen molar-refractivity contribution >= 4 is 11.8 Å². The summed E-state index contributed by atoms with van der Waals surface area (Å²) in [5.74, 6) is -0.928. The van der Waals surface area contributed by atoms with Gasteiger partial charge in [-0.05, 0) is 18.1 Å². The van der Waals surface area contributed by atoms with Gasteiger partial charge in [-0.15, -0.1) is 0 Å². The summed E-state index contributed by atoms with van der Waals surface area (Å²) in [5.41, 5.74) is -0.196. The van der Waals surface area contributed by atoms with Gasteiger partial charge in [0, 0.05) is 19.9 Å². The minimum absolute atomic E-state index is 0.151. The molecule has 0 aliphatic rings. The van der Waals surface area contributed by atoms with Crippen LogP contribution in [0.1, 0.15) is 41.4 Å². The molecule has 0 aliphatic carbocycles. The highest BCUT2D eigenvalue weighted by molar-refractivity contribution is 5.97. The van der Waals surface area contributed by atoms with Crippen molar-refractivity contribution in [2.24, 2.45) is 0 Å². The Morgan fingerprint density at radius 3 is 2.48 bits per heavy atom. The van der Waals surface area contributed by atoms with E-state index in [9.17, 15) is 22.8 Å². The molecule has 2 aromatic heterocycles. The number of carbonyl (C=O) groups excluding carboxylic acids is 2. The zero-order valence-corrected chi connectivity index (χ0v) is 16.2. The number of carbonyl (C=O) groups is 2. The van der Waals surface area contributed by atoms with E-state index in [1.807, 2.05) is 13.8 Å². The van der Waals surface area contributed by atoms with Gasteiger partial charge in [0.1, 0.15) is 0 Å². The van der Waals surface area contributed by atoms with Crippen molar-refractivity contribution in [2.75, 3.05) is 26.8 Å². The third-order valence-electron chi connectivity index (χ3n) is 3.93. The molecule has 0 radical (unpaired) electrons. The molecule has 0 fully saturated rings. The van der Waals surface area contributed by atoms with Crippen molar-refractivity contribution in [1.29, 1.82) is 0 Å². The number of alkyl halides is 3. The summed E-state index contributed by atoms with van der Waals surface area (Å²) < 4.78 is 44.3. The van der Waals surface area contributed by atoms with Crippen molar-refractivity contribution in [2.45, 2.75) is 25.9 Å². The Morgan fingerprint density at radius 1 is 1.21 bits per heavy atom. The lowest BCUT2D eigenvalue weighted by molar-refractivity contribution is -0.137. The van der Waals surface area contributed by atoms with E-state index in [1.165, 1.54) is 24.1 Å². The molecule has 0 saturated heterocycles. The number of amides is 2. The minimum Gasteiger partial charge on any atom is -0.383 e. The Balaban J connectivity index is 2.18. The van der Waals surface area contributed by atoms with E-state index < -0.39 is 17.6 Å². The van der Waals surface area contributed by atoms with E-state index >= 15 is 0 Å². The van der Waals surface area contributed by atoms with Crippen LogP contribution in [-0.2, 0) is 15.7 Å². The average molecular weight is 413 g/mol. The van der Waals surface area contributed by atoms with Crippen molar-refractivity contribution in [3.05, 3.63) is 41.3 Å². The normalized spacial score (nSPS) is 11.6. The number of hydrogen-bond acceptors (Lipinski definition) is 5. The predicted octanol–water partition coefficient (Wildman–Crippen LogP) is 1.90. The molecular formula is C18H22F3N5O3. The number of ether oxygens (including phenoxy) is 1. The van der Waals surface area contributed by atoms with E-state index in [0.717, 1.165) is 6.07 Å². The molecule has 0 aliphatic heterocycles. The van der Waals surface area contributed by atoms with Gasteiger partial charge in [-0.25, -0.2) is 9.67 Å². The van der Waals surface area contributed by atoms with Gasteiger partial charge in [-0.3, -0.25) is 9.59 Å². The number of nitrogens with one attached hydrogen (secondary N) is 2. The van der Waals surface area contributed by atoms with E-state index in [2.05, 4.69) is 20.7 Å². The van der Waals surface area contributed by atoms with Crippen LogP contribution in [0.15, 0.2) is 24.5 Å². The van der Waals surface area contributed by atoms with E-state index in [1.54, 1.807) is 0 Å². The lowest BCUT2D eigenvalue weighted by Gasteiger charge is -2.13. The first-order valence-electron chi connectivity index (χ1n) is 8.80. The van der Waals surface area contributed by atoms with Gasteiger partial charge < -0.3 is 15.4 Å². The molecule has 2 N–H and O–H groups in total. The summed E-state index contributed by atoms with van der Waals surface area (Å²) >= 11 is 0. The molecule has 0 bridgehead atoms. The molecule has 2 rings (SSSR count). The van der Waals surface area contributed by atoms with Crippen LogP contribution in [0.2, 0.25) is 0 Å². The first-order chi connectivity index (χ1) is 13.6.